The van der Waals surface area contributed by atoms with Crippen LogP contribution in [0.4, 0.5) is 0 Å². The molecule has 2 nitrogen and oxygen atoms in total. The average Bonchev–Trinajstić information content (AvgIpc) is 2.13. The summed E-state index contributed by atoms with van der Waals surface area (Å²) >= 11 is 0. The topological polar surface area (TPSA) is 21.3 Å². The molecular weight excluding hydrogens is 162 g/mol. The lowest BCUT2D eigenvalue weighted by Gasteiger charge is -2.49. The van der Waals surface area contributed by atoms with E-state index >= 15 is 0 Å². The van der Waals surface area contributed by atoms with Gasteiger partial charge in [0.05, 0.1) is 13.2 Å². The number of piperidine rings is 1. The van der Waals surface area contributed by atoms with Crippen LogP contribution in [0.3, 0.4) is 0 Å². The zero-order valence-corrected chi connectivity index (χ0v) is 8.64. The fourth-order valence-electron chi connectivity index (χ4n) is 2.76. The molecule has 0 aliphatic carbocycles. The first-order chi connectivity index (χ1) is 6.37. The van der Waals surface area contributed by atoms with Crippen molar-refractivity contribution in [2.75, 3.05) is 19.8 Å². The third-order valence-electron chi connectivity index (χ3n) is 3.58. The van der Waals surface area contributed by atoms with Crippen molar-refractivity contribution in [3.05, 3.63) is 0 Å². The maximum atomic E-state index is 5.40. The Balaban J connectivity index is 1.93. The molecule has 0 bridgehead atoms. The molecule has 1 atom stereocenters. The fraction of sp³-hybridized carbons (Fsp3) is 1.00. The fourth-order valence-corrected chi connectivity index (χ4v) is 2.76. The molecule has 0 spiro atoms. The van der Waals surface area contributed by atoms with Crippen LogP contribution in [0.25, 0.3) is 0 Å². The quantitative estimate of drug-likeness (QED) is 0.722. The van der Waals surface area contributed by atoms with Crippen molar-refractivity contribution < 1.29 is 4.74 Å². The van der Waals surface area contributed by atoms with E-state index < -0.39 is 0 Å². The number of ether oxygens (including phenoxy) is 1. The Labute approximate surface area is 81.0 Å². The van der Waals surface area contributed by atoms with Crippen molar-refractivity contribution in [2.24, 2.45) is 5.41 Å². The summed E-state index contributed by atoms with van der Waals surface area (Å²) in [4.78, 5) is 0. The van der Waals surface area contributed by atoms with Crippen LogP contribution in [0.2, 0.25) is 0 Å². The molecule has 2 heteroatoms. The second kappa shape index (κ2) is 3.97. The highest BCUT2D eigenvalue weighted by atomic mass is 16.5. The summed E-state index contributed by atoms with van der Waals surface area (Å²) in [5, 5.41) is 3.67. The van der Waals surface area contributed by atoms with Crippen LogP contribution in [-0.2, 0) is 4.74 Å². The average molecular weight is 183 g/mol. The third-order valence-corrected chi connectivity index (χ3v) is 3.58. The van der Waals surface area contributed by atoms with Gasteiger partial charge < -0.3 is 10.1 Å². The molecule has 1 N–H and O–H groups in total. The van der Waals surface area contributed by atoms with Crippen molar-refractivity contribution in [3.63, 3.8) is 0 Å². The van der Waals surface area contributed by atoms with Crippen LogP contribution in [0, 0.1) is 5.41 Å². The monoisotopic (exact) mass is 183 g/mol. The molecule has 0 aromatic heterocycles. The van der Waals surface area contributed by atoms with E-state index in [9.17, 15) is 0 Å². The van der Waals surface area contributed by atoms with Crippen LogP contribution in [0.15, 0.2) is 0 Å². The smallest absolute Gasteiger partial charge is 0.0559 e. The van der Waals surface area contributed by atoms with Crippen molar-refractivity contribution in [2.45, 2.75) is 45.1 Å². The van der Waals surface area contributed by atoms with E-state index in [2.05, 4.69) is 12.2 Å². The molecule has 2 fully saturated rings. The zero-order valence-electron chi connectivity index (χ0n) is 8.64. The van der Waals surface area contributed by atoms with E-state index in [4.69, 9.17) is 4.74 Å². The second-order valence-electron chi connectivity index (χ2n) is 4.61. The van der Waals surface area contributed by atoms with Crippen molar-refractivity contribution in [1.82, 2.24) is 5.32 Å². The van der Waals surface area contributed by atoms with E-state index in [1.807, 2.05) is 0 Å². The molecule has 2 heterocycles. The highest BCUT2D eigenvalue weighted by Crippen LogP contribution is 2.39. The third kappa shape index (κ3) is 1.75. The summed E-state index contributed by atoms with van der Waals surface area (Å²) < 4.78 is 5.40. The lowest BCUT2D eigenvalue weighted by Crippen LogP contribution is -2.58. The maximum Gasteiger partial charge on any atom is 0.0559 e. The SMILES string of the molecule is CCCC1(C2CCCCN2)COC1. The van der Waals surface area contributed by atoms with Gasteiger partial charge in [-0.15, -0.1) is 0 Å². The van der Waals surface area contributed by atoms with Gasteiger partial charge in [0.15, 0.2) is 0 Å². The summed E-state index contributed by atoms with van der Waals surface area (Å²) in [5.74, 6) is 0. The Bertz CT molecular complexity index is 159. The molecule has 2 rings (SSSR count). The van der Waals surface area contributed by atoms with Gasteiger partial charge in [-0.25, -0.2) is 0 Å². The van der Waals surface area contributed by atoms with Gasteiger partial charge in [0.1, 0.15) is 0 Å². The van der Waals surface area contributed by atoms with Crippen molar-refractivity contribution in [3.8, 4) is 0 Å². The van der Waals surface area contributed by atoms with Gasteiger partial charge in [-0.05, 0) is 25.8 Å². The summed E-state index contributed by atoms with van der Waals surface area (Å²) in [6, 6.07) is 0.745. The minimum atomic E-state index is 0.509. The second-order valence-corrected chi connectivity index (χ2v) is 4.61. The Hall–Kier alpha value is -0.0800. The minimum absolute atomic E-state index is 0.509. The van der Waals surface area contributed by atoms with E-state index in [0.29, 0.717) is 5.41 Å². The predicted octanol–water partition coefficient (Wildman–Crippen LogP) is 1.95. The summed E-state index contributed by atoms with van der Waals surface area (Å²) in [5.41, 5.74) is 0.509. The number of nitrogens with one attached hydrogen (secondary N) is 1. The lowest BCUT2D eigenvalue weighted by molar-refractivity contribution is -0.140. The minimum Gasteiger partial charge on any atom is -0.380 e. The molecule has 0 aromatic carbocycles. The highest BCUT2D eigenvalue weighted by molar-refractivity contribution is 4.96. The highest BCUT2D eigenvalue weighted by Gasteiger charge is 2.44. The molecule has 2 saturated heterocycles. The van der Waals surface area contributed by atoms with Crippen LogP contribution >= 0.6 is 0 Å². The molecule has 0 aromatic rings. The van der Waals surface area contributed by atoms with Gasteiger partial charge in [-0.2, -0.15) is 0 Å². The van der Waals surface area contributed by atoms with Crippen molar-refractivity contribution in [1.29, 1.82) is 0 Å². The van der Waals surface area contributed by atoms with E-state index in [0.717, 1.165) is 19.3 Å². The Kier molecular flexibility index (Phi) is 2.89. The molecule has 0 radical (unpaired) electrons. The van der Waals surface area contributed by atoms with Gasteiger partial charge in [-0.3, -0.25) is 0 Å². The Morgan fingerprint density at radius 2 is 2.23 bits per heavy atom. The van der Waals surface area contributed by atoms with Gasteiger partial charge in [0.25, 0.3) is 0 Å². The van der Waals surface area contributed by atoms with E-state index in [1.54, 1.807) is 0 Å². The van der Waals surface area contributed by atoms with Gasteiger partial charge in [0.2, 0.25) is 0 Å². The molecule has 2 aliphatic heterocycles. The first-order valence-corrected chi connectivity index (χ1v) is 5.68. The molecule has 1 unspecified atom stereocenters. The molecule has 2 aliphatic rings. The first-order valence-electron chi connectivity index (χ1n) is 5.68. The number of hydrogen-bond donors (Lipinski definition) is 1. The van der Waals surface area contributed by atoms with E-state index in [-0.39, 0.29) is 0 Å². The summed E-state index contributed by atoms with van der Waals surface area (Å²) in [6.07, 6.45) is 6.76. The summed E-state index contributed by atoms with van der Waals surface area (Å²) in [6.45, 7) is 5.50. The summed E-state index contributed by atoms with van der Waals surface area (Å²) in [7, 11) is 0. The van der Waals surface area contributed by atoms with Crippen molar-refractivity contribution >= 4 is 0 Å². The zero-order chi connectivity index (χ0) is 9.15. The van der Waals surface area contributed by atoms with Crippen LogP contribution < -0.4 is 5.32 Å². The van der Waals surface area contributed by atoms with Crippen LogP contribution in [-0.4, -0.2) is 25.8 Å². The Morgan fingerprint density at radius 1 is 1.38 bits per heavy atom. The maximum absolute atomic E-state index is 5.40. The standard InChI is InChI=1S/C11H21NO/c1-2-6-11(8-13-9-11)10-5-3-4-7-12-10/h10,12H,2-9H2,1H3. The number of rotatable bonds is 3. The Morgan fingerprint density at radius 3 is 2.69 bits per heavy atom. The molecule has 13 heavy (non-hydrogen) atoms. The predicted molar refractivity (Wildman–Crippen MR) is 53.8 cm³/mol. The number of hydrogen-bond acceptors (Lipinski definition) is 2. The first kappa shape index (κ1) is 9.47. The van der Waals surface area contributed by atoms with Gasteiger partial charge >= 0.3 is 0 Å². The van der Waals surface area contributed by atoms with Gasteiger partial charge in [0, 0.05) is 11.5 Å². The molecule has 0 saturated carbocycles. The molecule has 0 amide bonds. The van der Waals surface area contributed by atoms with Gasteiger partial charge in [-0.1, -0.05) is 19.8 Å². The molecular formula is C11H21NO. The van der Waals surface area contributed by atoms with E-state index in [1.165, 1.54) is 38.6 Å². The van der Waals surface area contributed by atoms with Crippen LogP contribution in [0.5, 0.6) is 0 Å². The lowest BCUT2D eigenvalue weighted by atomic mass is 9.72. The normalized spacial score (nSPS) is 32.5. The van der Waals surface area contributed by atoms with Crippen LogP contribution in [0.1, 0.15) is 39.0 Å². The largest absolute Gasteiger partial charge is 0.380 e. The molecule has 76 valence electrons.